The second kappa shape index (κ2) is 7.56. The molecule has 3 N–H and O–H groups in total. The number of hydrogen-bond donors (Lipinski definition) is 2. The average Bonchev–Trinajstić information content (AvgIpc) is 2.00. The van der Waals surface area contributed by atoms with E-state index < -0.39 is 0 Å². The van der Waals surface area contributed by atoms with Gasteiger partial charge < -0.3 is 11.1 Å². The van der Waals surface area contributed by atoms with E-state index >= 15 is 0 Å². The van der Waals surface area contributed by atoms with Crippen LogP contribution in [0.2, 0.25) is 0 Å². The molecular formula is C10H24N2. The molecule has 0 rings (SSSR count). The zero-order valence-electron chi connectivity index (χ0n) is 8.77. The highest BCUT2D eigenvalue weighted by Crippen LogP contribution is 1.99. The topological polar surface area (TPSA) is 38.0 Å². The molecule has 0 aliphatic heterocycles. The van der Waals surface area contributed by atoms with Crippen molar-refractivity contribution in [2.45, 2.75) is 58.5 Å². The highest BCUT2D eigenvalue weighted by molar-refractivity contribution is 4.62. The van der Waals surface area contributed by atoms with E-state index in [1.165, 1.54) is 19.3 Å². The van der Waals surface area contributed by atoms with Gasteiger partial charge in [0.25, 0.3) is 0 Å². The van der Waals surface area contributed by atoms with E-state index in [-0.39, 0.29) is 0 Å². The van der Waals surface area contributed by atoms with E-state index in [4.69, 9.17) is 5.73 Å². The summed E-state index contributed by atoms with van der Waals surface area (Å²) in [5.41, 5.74) is 5.64. The van der Waals surface area contributed by atoms with E-state index in [1.807, 2.05) is 0 Å². The Hall–Kier alpha value is -0.0800. The molecule has 2 heteroatoms. The van der Waals surface area contributed by atoms with Crippen LogP contribution >= 0.6 is 0 Å². The van der Waals surface area contributed by atoms with E-state index in [2.05, 4.69) is 26.1 Å². The Labute approximate surface area is 76.9 Å². The summed E-state index contributed by atoms with van der Waals surface area (Å²) < 4.78 is 0. The zero-order chi connectivity index (χ0) is 9.40. The summed E-state index contributed by atoms with van der Waals surface area (Å²) in [6.45, 7) is 7.59. The van der Waals surface area contributed by atoms with Gasteiger partial charge >= 0.3 is 0 Å². The Morgan fingerprint density at radius 1 is 1.25 bits per heavy atom. The first-order valence-corrected chi connectivity index (χ1v) is 5.15. The normalized spacial score (nSPS) is 16.0. The molecule has 0 aromatic heterocycles. The van der Waals surface area contributed by atoms with Crippen LogP contribution in [0.25, 0.3) is 0 Å². The van der Waals surface area contributed by atoms with Crippen molar-refractivity contribution in [3.05, 3.63) is 0 Å². The van der Waals surface area contributed by atoms with Crippen LogP contribution in [-0.4, -0.2) is 18.6 Å². The summed E-state index contributed by atoms with van der Waals surface area (Å²) in [5.74, 6) is 0. The van der Waals surface area contributed by atoms with Gasteiger partial charge in [0, 0.05) is 12.1 Å². The molecule has 0 aliphatic rings. The third-order valence-corrected chi connectivity index (χ3v) is 2.08. The maximum atomic E-state index is 5.64. The molecule has 0 heterocycles. The molecule has 0 spiro atoms. The summed E-state index contributed by atoms with van der Waals surface area (Å²) in [6.07, 6.45) is 4.98. The number of unbranched alkanes of at least 4 members (excludes halogenated alkanes) is 1. The Bertz CT molecular complexity index is 91.8. The fourth-order valence-corrected chi connectivity index (χ4v) is 1.17. The van der Waals surface area contributed by atoms with Gasteiger partial charge in [-0.05, 0) is 33.2 Å². The van der Waals surface area contributed by atoms with Crippen LogP contribution in [0.1, 0.15) is 46.5 Å². The quantitative estimate of drug-likeness (QED) is 0.615. The van der Waals surface area contributed by atoms with E-state index in [9.17, 15) is 0 Å². The molecule has 74 valence electrons. The molecule has 0 saturated carbocycles. The Morgan fingerprint density at radius 2 is 1.92 bits per heavy atom. The molecule has 0 aliphatic carbocycles. The van der Waals surface area contributed by atoms with Crippen molar-refractivity contribution in [1.29, 1.82) is 0 Å². The summed E-state index contributed by atoms with van der Waals surface area (Å²) in [7, 11) is 0. The third kappa shape index (κ3) is 8.02. The standard InChI is InChI=1S/C10H24N2/c1-4-5-6-10(3)12-8-7-9(2)11/h9-10,12H,4-8,11H2,1-3H3. The molecule has 0 aromatic carbocycles. The van der Waals surface area contributed by atoms with Gasteiger partial charge in [-0.3, -0.25) is 0 Å². The minimum absolute atomic E-state index is 0.330. The first kappa shape index (κ1) is 11.9. The lowest BCUT2D eigenvalue weighted by Gasteiger charge is -2.13. The zero-order valence-corrected chi connectivity index (χ0v) is 8.77. The predicted octanol–water partition coefficient (Wildman–Crippen LogP) is 1.89. The Kier molecular flexibility index (Phi) is 7.51. The van der Waals surface area contributed by atoms with Crippen molar-refractivity contribution >= 4 is 0 Å². The Morgan fingerprint density at radius 3 is 2.42 bits per heavy atom. The van der Waals surface area contributed by atoms with Crippen LogP contribution in [-0.2, 0) is 0 Å². The van der Waals surface area contributed by atoms with Gasteiger partial charge in [0.05, 0.1) is 0 Å². The van der Waals surface area contributed by atoms with Crippen molar-refractivity contribution in [3.63, 3.8) is 0 Å². The molecule has 0 bridgehead atoms. The van der Waals surface area contributed by atoms with Crippen molar-refractivity contribution in [2.24, 2.45) is 5.73 Å². The summed E-state index contributed by atoms with van der Waals surface area (Å²) in [6, 6.07) is 0.986. The van der Waals surface area contributed by atoms with Gasteiger partial charge in [0.2, 0.25) is 0 Å². The molecule has 2 nitrogen and oxygen atoms in total. The summed E-state index contributed by atoms with van der Waals surface area (Å²) >= 11 is 0. The van der Waals surface area contributed by atoms with Crippen LogP contribution in [0.5, 0.6) is 0 Å². The highest BCUT2D eigenvalue weighted by atomic mass is 14.9. The van der Waals surface area contributed by atoms with Crippen LogP contribution in [0.15, 0.2) is 0 Å². The van der Waals surface area contributed by atoms with Gasteiger partial charge in [-0.15, -0.1) is 0 Å². The van der Waals surface area contributed by atoms with Gasteiger partial charge in [-0.25, -0.2) is 0 Å². The molecule has 0 radical (unpaired) electrons. The lowest BCUT2D eigenvalue weighted by atomic mass is 10.1. The number of nitrogens with one attached hydrogen (secondary N) is 1. The second-order valence-corrected chi connectivity index (χ2v) is 3.76. The monoisotopic (exact) mass is 172 g/mol. The fourth-order valence-electron chi connectivity index (χ4n) is 1.17. The maximum Gasteiger partial charge on any atom is 0.00387 e. The molecule has 0 saturated heterocycles. The van der Waals surface area contributed by atoms with Gasteiger partial charge in [-0.2, -0.15) is 0 Å². The number of nitrogens with two attached hydrogens (primary N) is 1. The predicted molar refractivity (Wildman–Crippen MR) is 55.3 cm³/mol. The lowest BCUT2D eigenvalue weighted by Crippen LogP contribution is -2.30. The second-order valence-electron chi connectivity index (χ2n) is 3.76. The third-order valence-electron chi connectivity index (χ3n) is 2.08. The molecule has 0 amide bonds. The van der Waals surface area contributed by atoms with Crippen LogP contribution < -0.4 is 11.1 Å². The van der Waals surface area contributed by atoms with Gasteiger partial charge in [-0.1, -0.05) is 19.8 Å². The first-order valence-electron chi connectivity index (χ1n) is 5.15. The summed E-state index contributed by atoms with van der Waals surface area (Å²) in [4.78, 5) is 0. The Balaban J connectivity index is 3.13. The van der Waals surface area contributed by atoms with E-state index in [1.54, 1.807) is 0 Å². The molecule has 0 fully saturated rings. The van der Waals surface area contributed by atoms with Gasteiger partial charge in [0.15, 0.2) is 0 Å². The molecule has 12 heavy (non-hydrogen) atoms. The number of hydrogen-bond acceptors (Lipinski definition) is 2. The lowest BCUT2D eigenvalue weighted by molar-refractivity contribution is 0.476. The minimum Gasteiger partial charge on any atom is -0.328 e. The van der Waals surface area contributed by atoms with Crippen molar-refractivity contribution in [2.75, 3.05) is 6.54 Å². The summed E-state index contributed by atoms with van der Waals surface area (Å²) in [5, 5.41) is 3.47. The highest BCUT2D eigenvalue weighted by Gasteiger charge is 2.00. The fraction of sp³-hybridized carbons (Fsp3) is 1.00. The first-order chi connectivity index (χ1) is 5.66. The van der Waals surface area contributed by atoms with E-state index in [0.29, 0.717) is 12.1 Å². The van der Waals surface area contributed by atoms with Crippen LogP contribution in [0.3, 0.4) is 0 Å². The van der Waals surface area contributed by atoms with Crippen molar-refractivity contribution < 1.29 is 0 Å². The van der Waals surface area contributed by atoms with Gasteiger partial charge in [0.1, 0.15) is 0 Å². The van der Waals surface area contributed by atoms with Crippen molar-refractivity contribution in [3.8, 4) is 0 Å². The van der Waals surface area contributed by atoms with E-state index in [0.717, 1.165) is 13.0 Å². The maximum absolute atomic E-state index is 5.64. The van der Waals surface area contributed by atoms with Crippen LogP contribution in [0, 0.1) is 0 Å². The van der Waals surface area contributed by atoms with Crippen LogP contribution in [0.4, 0.5) is 0 Å². The SMILES string of the molecule is CCCCC(C)NCCC(C)N. The smallest absolute Gasteiger partial charge is 0.00387 e. The average molecular weight is 172 g/mol. The molecular weight excluding hydrogens is 148 g/mol. The number of rotatable bonds is 7. The van der Waals surface area contributed by atoms with Crippen molar-refractivity contribution in [1.82, 2.24) is 5.32 Å². The molecule has 2 atom stereocenters. The largest absolute Gasteiger partial charge is 0.328 e. The molecule has 0 aromatic rings. The minimum atomic E-state index is 0.330. The molecule has 2 unspecified atom stereocenters.